The van der Waals surface area contributed by atoms with E-state index in [1.165, 1.54) is 56.5 Å². The highest BCUT2D eigenvalue weighted by Gasteiger charge is 2.35. The third-order valence-electron chi connectivity index (χ3n) is 7.61. The van der Waals surface area contributed by atoms with Gasteiger partial charge in [-0.1, -0.05) is 25.7 Å². The summed E-state index contributed by atoms with van der Waals surface area (Å²) in [6.07, 6.45) is 11.3. The van der Waals surface area contributed by atoms with Crippen molar-refractivity contribution in [3.8, 4) is 5.75 Å². The molecule has 1 N–H and O–H groups in total. The van der Waals surface area contributed by atoms with Crippen LogP contribution in [-0.2, 0) is 4.79 Å². The van der Waals surface area contributed by atoms with Gasteiger partial charge in [0.05, 0.1) is 11.9 Å². The summed E-state index contributed by atoms with van der Waals surface area (Å²) in [6, 6.07) is 0.202. The Kier molecular flexibility index (Phi) is 6.18. The molecule has 0 aromatic carbocycles. The topological polar surface area (TPSA) is 97.3 Å². The van der Waals surface area contributed by atoms with Crippen LogP contribution in [0.15, 0.2) is 18.5 Å². The number of hydrogen-bond acceptors (Lipinski definition) is 6. The lowest BCUT2D eigenvalue weighted by atomic mass is 9.68. The van der Waals surface area contributed by atoms with Gasteiger partial charge in [0, 0.05) is 25.2 Å². The smallest absolute Gasteiger partial charge is 0.289 e. The molecule has 2 bridgehead atoms. The molecule has 180 valence electrons. The van der Waals surface area contributed by atoms with Gasteiger partial charge in [-0.05, 0) is 43.6 Å². The lowest BCUT2D eigenvalue weighted by molar-refractivity contribution is -0.120. The van der Waals surface area contributed by atoms with Crippen LogP contribution < -0.4 is 15.0 Å². The molecule has 9 heteroatoms. The Bertz CT molecular complexity index is 1100. The molecule has 6 rings (SSSR count). The van der Waals surface area contributed by atoms with Crippen LogP contribution >= 0.6 is 0 Å². The van der Waals surface area contributed by atoms with E-state index >= 15 is 0 Å². The van der Waals surface area contributed by atoms with Crippen LogP contribution in [0.25, 0.3) is 0 Å². The average molecular weight is 468 g/mol. The van der Waals surface area contributed by atoms with Gasteiger partial charge in [-0.15, -0.1) is 0 Å². The molecule has 2 aromatic heterocycles. The predicted molar refractivity (Wildman–Crippen MR) is 123 cm³/mol. The third kappa shape index (κ3) is 4.35. The van der Waals surface area contributed by atoms with E-state index in [0.717, 1.165) is 29.8 Å². The van der Waals surface area contributed by atoms with E-state index in [1.807, 2.05) is 6.92 Å². The minimum absolute atomic E-state index is 0.0535. The molecule has 0 spiro atoms. The molecule has 2 aromatic rings. The van der Waals surface area contributed by atoms with E-state index < -0.39 is 23.7 Å². The fourth-order valence-corrected chi connectivity index (χ4v) is 5.72. The number of amides is 2. The maximum absolute atomic E-state index is 13.6. The van der Waals surface area contributed by atoms with Crippen molar-refractivity contribution in [3.63, 3.8) is 0 Å². The van der Waals surface area contributed by atoms with E-state index in [2.05, 4.69) is 15.3 Å². The molecule has 0 saturated heterocycles. The number of aromatic nitrogens is 3. The summed E-state index contributed by atoms with van der Waals surface area (Å²) in [7, 11) is 1.52. The summed E-state index contributed by atoms with van der Waals surface area (Å²) in [5.74, 6) is 0.713. The fraction of sp³-hybridized carbons (Fsp3) is 0.560. The summed E-state index contributed by atoms with van der Waals surface area (Å²) in [4.78, 5) is 40.2. The first-order valence-electron chi connectivity index (χ1n) is 12.1. The summed E-state index contributed by atoms with van der Waals surface area (Å²) in [6.45, 7) is 1.86. The zero-order valence-corrected chi connectivity index (χ0v) is 19.6. The molecular formula is C25H30FN5O3. The molecule has 1 aliphatic heterocycles. The lowest BCUT2D eigenvalue weighted by Gasteiger charge is -2.37. The molecule has 34 heavy (non-hydrogen) atoms. The number of carbonyl (C=O) groups is 2. The average Bonchev–Trinajstić information content (AvgIpc) is 2.92. The summed E-state index contributed by atoms with van der Waals surface area (Å²) in [5.41, 5.74) is 1.96. The second kappa shape index (κ2) is 9.27. The van der Waals surface area contributed by atoms with Gasteiger partial charge in [-0.3, -0.25) is 14.5 Å². The van der Waals surface area contributed by atoms with Crippen molar-refractivity contribution in [3.05, 3.63) is 41.4 Å². The molecule has 2 atom stereocenters. The van der Waals surface area contributed by atoms with Gasteiger partial charge >= 0.3 is 0 Å². The van der Waals surface area contributed by atoms with Crippen LogP contribution in [0, 0.1) is 24.6 Å². The number of halogens is 1. The van der Waals surface area contributed by atoms with E-state index in [0.29, 0.717) is 11.8 Å². The first kappa shape index (κ1) is 22.7. The predicted octanol–water partition coefficient (Wildman–Crippen LogP) is 3.55. The Morgan fingerprint density at radius 3 is 2.74 bits per heavy atom. The van der Waals surface area contributed by atoms with Crippen LogP contribution in [0.2, 0.25) is 0 Å². The zero-order valence-electron chi connectivity index (χ0n) is 19.6. The molecule has 4 aliphatic rings. The zero-order chi connectivity index (χ0) is 23.8. The van der Waals surface area contributed by atoms with Gasteiger partial charge in [0.15, 0.2) is 11.6 Å². The fourth-order valence-electron chi connectivity index (χ4n) is 5.72. The highest BCUT2D eigenvalue weighted by atomic mass is 19.1. The highest BCUT2D eigenvalue weighted by Crippen LogP contribution is 2.45. The molecule has 1 unspecified atom stereocenters. The molecule has 0 radical (unpaired) electrons. The van der Waals surface area contributed by atoms with Gasteiger partial charge in [0.25, 0.3) is 11.8 Å². The van der Waals surface area contributed by atoms with Gasteiger partial charge in [-0.25, -0.2) is 19.3 Å². The number of carbonyl (C=O) groups excluding carboxylic acids is 2. The van der Waals surface area contributed by atoms with Crippen molar-refractivity contribution < 1.29 is 18.7 Å². The van der Waals surface area contributed by atoms with Crippen LogP contribution in [0.5, 0.6) is 5.75 Å². The number of aryl methyl sites for hydroxylation is 1. The van der Waals surface area contributed by atoms with E-state index in [4.69, 9.17) is 9.72 Å². The molecule has 3 fully saturated rings. The summed E-state index contributed by atoms with van der Waals surface area (Å²) in [5, 5.41) is 2.71. The van der Waals surface area contributed by atoms with Crippen molar-refractivity contribution in [2.24, 2.45) is 11.8 Å². The quantitative estimate of drug-likeness (QED) is 0.742. The Morgan fingerprint density at radius 2 is 1.94 bits per heavy atom. The first-order chi connectivity index (χ1) is 16.4. The van der Waals surface area contributed by atoms with Gasteiger partial charge < -0.3 is 10.1 Å². The second-order valence-corrected chi connectivity index (χ2v) is 9.79. The Hall–Kier alpha value is -3.10. The molecule has 8 nitrogen and oxygen atoms in total. The maximum atomic E-state index is 13.6. The summed E-state index contributed by atoms with van der Waals surface area (Å²) < 4.78 is 19.2. The minimum Gasteiger partial charge on any atom is -0.487 e. The van der Waals surface area contributed by atoms with Crippen LogP contribution in [0.3, 0.4) is 0 Å². The van der Waals surface area contributed by atoms with Crippen molar-refractivity contribution in [1.82, 2.24) is 20.3 Å². The third-order valence-corrected chi connectivity index (χ3v) is 7.61. The van der Waals surface area contributed by atoms with Crippen molar-refractivity contribution >= 4 is 17.6 Å². The van der Waals surface area contributed by atoms with Gasteiger partial charge in [0.2, 0.25) is 5.82 Å². The van der Waals surface area contributed by atoms with Crippen LogP contribution in [0.4, 0.5) is 10.2 Å². The Labute approximate surface area is 198 Å². The first-order valence-corrected chi connectivity index (χ1v) is 12.1. The Morgan fingerprint density at radius 1 is 1.15 bits per heavy atom. The van der Waals surface area contributed by atoms with Crippen molar-refractivity contribution in [2.75, 3.05) is 18.6 Å². The number of anilines is 1. The van der Waals surface area contributed by atoms with E-state index in [-0.39, 0.29) is 24.0 Å². The van der Waals surface area contributed by atoms with E-state index in [9.17, 15) is 14.0 Å². The number of fused-ring (bicyclic) bond motifs is 6. The van der Waals surface area contributed by atoms with Crippen molar-refractivity contribution in [1.29, 1.82) is 0 Å². The second-order valence-electron chi connectivity index (χ2n) is 9.79. The van der Waals surface area contributed by atoms with Crippen molar-refractivity contribution in [2.45, 2.75) is 63.8 Å². The monoisotopic (exact) mass is 467 g/mol. The molecule has 2 amide bonds. The van der Waals surface area contributed by atoms with E-state index in [1.54, 1.807) is 6.20 Å². The van der Waals surface area contributed by atoms with Gasteiger partial charge in [-0.2, -0.15) is 0 Å². The Balaban J connectivity index is 1.35. The molecule has 3 heterocycles. The number of nitrogens with one attached hydrogen (secondary N) is 1. The largest absolute Gasteiger partial charge is 0.487 e. The minimum atomic E-state index is -0.972. The van der Waals surface area contributed by atoms with Crippen LogP contribution in [-0.4, -0.2) is 46.5 Å². The number of rotatable bonds is 3. The number of hydrogen-bond donors (Lipinski definition) is 1. The van der Waals surface area contributed by atoms with Gasteiger partial charge in [0.1, 0.15) is 18.5 Å². The number of ether oxygens (including phenoxy) is 1. The normalized spacial score (nSPS) is 26.7. The molecule has 3 aliphatic carbocycles. The summed E-state index contributed by atoms with van der Waals surface area (Å²) >= 11 is 0. The number of pyridine rings is 1. The number of likely N-dealkylation sites (N-methyl/N-ethyl adjacent to an activating group) is 1. The molecule has 3 saturated carbocycles. The maximum Gasteiger partial charge on any atom is 0.289 e. The lowest BCUT2D eigenvalue weighted by Crippen LogP contribution is -2.49. The SMILES string of the molecule is Cc1cnc(C(=O)NC2COc3cc(F)cnc3N(C)C2=O)nc1[C@@H]1CCCC2CCC1CC2. The van der Waals surface area contributed by atoms with Crippen LogP contribution in [0.1, 0.15) is 72.7 Å². The highest BCUT2D eigenvalue weighted by molar-refractivity contribution is 6.01. The standard InChI is InChI=1S/C25H30FN5O3/c1-14-11-27-22(30-21(14)18-5-3-4-15-6-8-16(18)9-7-15)24(32)29-19-13-34-20-10-17(26)12-28-23(20)31(2)25(19)33/h10-12,15-16,18-19H,3-9,13H2,1-2H3,(H,29,32)/t15?,16?,18-,19?/m1/s1. The number of nitrogens with zero attached hydrogens (tertiary/aromatic N) is 4. The molecular weight excluding hydrogens is 437 g/mol.